The molecule has 5 rings (SSSR count). The minimum Gasteiger partial charge on any atom is -0.493 e. The average Bonchev–Trinajstić information content (AvgIpc) is 2.97. The lowest BCUT2D eigenvalue weighted by Gasteiger charge is -2.40. The first-order valence-corrected chi connectivity index (χ1v) is 13.2. The molecule has 1 atom stereocenters. The van der Waals surface area contributed by atoms with Gasteiger partial charge in [0.2, 0.25) is 0 Å². The van der Waals surface area contributed by atoms with Crippen molar-refractivity contribution in [1.82, 2.24) is 15.5 Å². The Kier molecular flexibility index (Phi) is 8.05. The summed E-state index contributed by atoms with van der Waals surface area (Å²) in [7, 11) is 6.59. The molecule has 8 heteroatoms. The first kappa shape index (κ1) is 26.6. The van der Waals surface area contributed by atoms with Crippen LogP contribution in [0, 0.1) is 0 Å². The van der Waals surface area contributed by atoms with Gasteiger partial charge in [-0.25, -0.2) is 0 Å². The second kappa shape index (κ2) is 11.8. The van der Waals surface area contributed by atoms with Gasteiger partial charge in [0.05, 0.1) is 34.5 Å². The van der Waals surface area contributed by atoms with Gasteiger partial charge in [-0.1, -0.05) is 42.5 Å². The zero-order valence-corrected chi connectivity index (χ0v) is 23.4. The molecule has 3 aromatic rings. The molecule has 0 saturated heterocycles. The number of nitrogens with one attached hydrogen (secondary N) is 2. The second-order valence-corrected chi connectivity index (χ2v) is 9.87. The maximum atomic E-state index is 5.70. The summed E-state index contributed by atoms with van der Waals surface area (Å²) in [5, 5.41) is 7.55. The van der Waals surface area contributed by atoms with Crippen molar-refractivity contribution >= 4 is 23.4 Å². The van der Waals surface area contributed by atoms with Gasteiger partial charge in [0, 0.05) is 25.3 Å². The van der Waals surface area contributed by atoms with Crippen LogP contribution in [0.5, 0.6) is 23.0 Å². The van der Waals surface area contributed by atoms with Gasteiger partial charge in [0.25, 0.3) is 0 Å². The molecule has 2 aliphatic rings. The molecular weight excluding hydrogens is 510 g/mol. The van der Waals surface area contributed by atoms with Crippen LogP contribution >= 0.6 is 12.2 Å². The van der Waals surface area contributed by atoms with Gasteiger partial charge in [-0.15, -0.1) is 0 Å². The molecule has 0 fully saturated rings. The number of benzene rings is 3. The monoisotopic (exact) mass is 543 g/mol. The van der Waals surface area contributed by atoms with Crippen molar-refractivity contribution in [2.24, 2.45) is 0 Å². The van der Waals surface area contributed by atoms with E-state index in [2.05, 4.69) is 51.9 Å². The van der Waals surface area contributed by atoms with Crippen LogP contribution in [-0.2, 0) is 6.54 Å². The third-order valence-corrected chi connectivity index (χ3v) is 7.25. The van der Waals surface area contributed by atoms with E-state index >= 15 is 0 Å². The predicted molar refractivity (Wildman–Crippen MR) is 157 cm³/mol. The standard InChI is InChI=1S/C31H33N3O4S/c1-35-25-12-10-21(15-27(25)37-3)14-23-18-34(17-20-8-6-5-7-9-20)19-24-29(32-31(39)33-30(23)24)22-11-13-26(36-2)28(16-22)38-4/h5-16,29H,17-19H2,1-4H3,(H2,32,33,39)/b23-14+. The number of hydrogen-bond acceptors (Lipinski definition) is 6. The Morgan fingerprint density at radius 2 is 1.49 bits per heavy atom. The summed E-state index contributed by atoms with van der Waals surface area (Å²) in [5.74, 6) is 2.76. The quantitative estimate of drug-likeness (QED) is 0.381. The van der Waals surface area contributed by atoms with Crippen LogP contribution in [0.2, 0.25) is 0 Å². The molecule has 0 spiro atoms. The summed E-state index contributed by atoms with van der Waals surface area (Å²) in [4.78, 5) is 2.45. The van der Waals surface area contributed by atoms with Crippen molar-refractivity contribution in [3.63, 3.8) is 0 Å². The Labute approximate surface area is 235 Å². The molecule has 7 nitrogen and oxygen atoms in total. The number of rotatable bonds is 8. The van der Waals surface area contributed by atoms with Gasteiger partial charge < -0.3 is 29.6 Å². The second-order valence-electron chi connectivity index (χ2n) is 9.46. The fourth-order valence-corrected chi connectivity index (χ4v) is 5.42. The molecule has 0 aromatic heterocycles. The van der Waals surface area contributed by atoms with E-state index in [1.165, 1.54) is 11.1 Å². The Hall–Kier alpha value is -4.01. The topological polar surface area (TPSA) is 64.2 Å². The van der Waals surface area contributed by atoms with E-state index in [0.717, 1.165) is 42.0 Å². The SMILES string of the molecule is COc1ccc(/C=C2\CN(Cc3ccccc3)CC3=C2NC(=S)NC3c2ccc(OC)c(OC)c2)cc1OC. The van der Waals surface area contributed by atoms with Crippen molar-refractivity contribution in [3.8, 4) is 23.0 Å². The van der Waals surface area contributed by atoms with Gasteiger partial charge >= 0.3 is 0 Å². The molecule has 2 aliphatic heterocycles. The van der Waals surface area contributed by atoms with Crippen molar-refractivity contribution in [2.45, 2.75) is 12.6 Å². The van der Waals surface area contributed by atoms with Crippen LogP contribution in [0.4, 0.5) is 0 Å². The van der Waals surface area contributed by atoms with Crippen LogP contribution in [0.25, 0.3) is 6.08 Å². The number of thiocarbonyl (C=S) groups is 1. The molecule has 1 unspecified atom stereocenters. The zero-order chi connectivity index (χ0) is 27.4. The molecular formula is C31H33N3O4S. The Balaban J connectivity index is 1.60. The Bertz CT molecular complexity index is 1420. The highest BCUT2D eigenvalue weighted by atomic mass is 32.1. The van der Waals surface area contributed by atoms with Crippen LogP contribution in [-0.4, -0.2) is 51.5 Å². The molecule has 0 aliphatic carbocycles. The third-order valence-electron chi connectivity index (χ3n) is 7.03. The number of nitrogens with zero attached hydrogens (tertiary/aromatic N) is 1. The normalized spacial score (nSPS) is 18.2. The summed E-state index contributed by atoms with van der Waals surface area (Å²) < 4.78 is 22.1. The molecule has 0 bridgehead atoms. The van der Waals surface area contributed by atoms with Gasteiger partial charge in [-0.3, -0.25) is 4.90 Å². The molecule has 202 valence electrons. The van der Waals surface area contributed by atoms with E-state index < -0.39 is 0 Å². The predicted octanol–water partition coefficient (Wildman–Crippen LogP) is 5.09. The zero-order valence-electron chi connectivity index (χ0n) is 22.6. The number of methoxy groups -OCH3 is 4. The summed E-state index contributed by atoms with van der Waals surface area (Å²) in [6.07, 6.45) is 2.20. The van der Waals surface area contributed by atoms with E-state index in [-0.39, 0.29) is 6.04 Å². The lowest BCUT2D eigenvalue weighted by atomic mass is 9.88. The third kappa shape index (κ3) is 5.72. The highest BCUT2D eigenvalue weighted by Gasteiger charge is 2.33. The van der Waals surface area contributed by atoms with Crippen molar-refractivity contribution in [3.05, 3.63) is 100 Å². The van der Waals surface area contributed by atoms with E-state index in [9.17, 15) is 0 Å². The summed E-state index contributed by atoms with van der Waals surface area (Å²) in [6.45, 7) is 2.36. The first-order chi connectivity index (χ1) is 19.0. The maximum Gasteiger partial charge on any atom is 0.171 e. The molecule has 0 saturated carbocycles. The molecule has 2 N–H and O–H groups in total. The van der Waals surface area contributed by atoms with Crippen LogP contribution in [0.15, 0.2) is 83.6 Å². The van der Waals surface area contributed by atoms with Crippen LogP contribution in [0.3, 0.4) is 0 Å². The smallest absolute Gasteiger partial charge is 0.171 e. The number of ether oxygens (including phenoxy) is 4. The first-order valence-electron chi connectivity index (χ1n) is 12.7. The molecule has 2 heterocycles. The van der Waals surface area contributed by atoms with E-state index in [1.807, 2.05) is 36.4 Å². The fraction of sp³-hybridized carbons (Fsp3) is 0.258. The minimum absolute atomic E-state index is 0.124. The number of hydrogen-bond donors (Lipinski definition) is 2. The van der Waals surface area contributed by atoms with Crippen molar-refractivity contribution in [2.75, 3.05) is 41.5 Å². The Morgan fingerprint density at radius 3 is 2.18 bits per heavy atom. The lowest BCUT2D eigenvalue weighted by Crippen LogP contribution is -2.49. The highest BCUT2D eigenvalue weighted by molar-refractivity contribution is 7.80. The summed E-state index contributed by atoms with van der Waals surface area (Å²) >= 11 is 5.70. The summed E-state index contributed by atoms with van der Waals surface area (Å²) in [5.41, 5.74) is 6.75. The molecule has 39 heavy (non-hydrogen) atoms. The van der Waals surface area contributed by atoms with Gasteiger partial charge in [-0.05, 0) is 70.4 Å². The maximum absolute atomic E-state index is 5.70. The molecule has 0 radical (unpaired) electrons. The van der Waals surface area contributed by atoms with Gasteiger partial charge in [-0.2, -0.15) is 0 Å². The van der Waals surface area contributed by atoms with Crippen molar-refractivity contribution in [1.29, 1.82) is 0 Å². The Morgan fingerprint density at radius 1 is 0.821 bits per heavy atom. The van der Waals surface area contributed by atoms with E-state index in [0.29, 0.717) is 28.1 Å². The van der Waals surface area contributed by atoms with Gasteiger partial charge in [0.1, 0.15) is 0 Å². The minimum atomic E-state index is -0.124. The van der Waals surface area contributed by atoms with Crippen LogP contribution in [0.1, 0.15) is 22.7 Å². The van der Waals surface area contributed by atoms with E-state index in [1.54, 1.807) is 28.4 Å². The molecule has 0 amide bonds. The molecule has 3 aromatic carbocycles. The fourth-order valence-electron chi connectivity index (χ4n) is 5.20. The highest BCUT2D eigenvalue weighted by Crippen LogP contribution is 2.38. The van der Waals surface area contributed by atoms with Crippen LogP contribution < -0.4 is 29.6 Å². The average molecular weight is 544 g/mol. The lowest BCUT2D eigenvalue weighted by molar-refractivity contribution is 0.292. The van der Waals surface area contributed by atoms with Crippen molar-refractivity contribution < 1.29 is 18.9 Å². The largest absolute Gasteiger partial charge is 0.493 e. The van der Waals surface area contributed by atoms with E-state index in [4.69, 9.17) is 31.2 Å². The summed E-state index contributed by atoms with van der Waals surface area (Å²) in [6, 6.07) is 22.4. The van der Waals surface area contributed by atoms with Gasteiger partial charge in [0.15, 0.2) is 28.1 Å².